The molecule has 0 aromatic rings. The summed E-state index contributed by atoms with van der Waals surface area (Å²) in [7, 11) is -4.04. The third-order valence-electron chi connectivity index (χ3n) is 2.24. The highest BCUT2D eigenvalue weighted by molar-refractivity contribution is 7.87. The van der Waals surface area contributed by atoms with Crippen molar-refractivity contribution >= 4 is 22.4 Å². The molecule has 1 fully saturated rings. The quantitative estimate of drug-likeness (QED) is 0.580. The van der Waals surface area contributed by atoms with E-state index >= 15 is 0 Å². The summed E-state index contributed by atoms with van der Waals surface area (Å²) in [5.41, 5.74) is 0. The molecule has 18 heavy (non-hydrogen) atoms. The van der Waals surface area contributed by atoms with E-state index in [1.807, 2.05) is 0 Å². The van der Waals surface area contributed by atoms with Gasteiger partial charge in [-0.1, -0.05) is 0 Å². The topological polar surface area (TPSA) is 105 Å². The van der Waals surface area contributed by atoms with Gasteiger partial charge in [-0.3, -0.25) is 0 Å². The zero-order valence-corrected chi connectivity index (χ0v) is 10.9. The number of rotatable bonds is 4. The van der Waals surface area contributed by atoms with Crippen LogP contribution in [-0.2, 0) is 19.7 Å². The molecule has 1 saturated heterocycles. The van der Waals surface area contributed by atoms with E-state index in [1.165, 1.54) is 6.08 Å². The first-order chi connectivity index (χ1) is 8.36. The van der Waals surface area contributed by atoms with Gasteiger partial charge in [-0.05, 0) is 26.7 Å². The molecular weight excluding hydrogens is 262 g/mol. The first-order valence-electron chi connectivity index (χ1n) is 5.44. The van der Waals surface area contributed by atoms with Gasteiger partial charge >= 0.3 is 16.3 Å². The van der Waals surface area contributed by atoms with E-state index in [2.05, 4.69) is 9.73 Å². The Morgan fingerprint density at radius 2 is 2.22 bits per heavy atom. The molecule has 0 aromatic heterocycles. The van der Waals surface area contributed by atoms with Crippen LogP contribution in [0.3, 0.4) is 0 Å². The van der Waals surface area contributed by atoms with Gasteiger partial charge in [-0.25, -0.2) is 14.3 Å². The van der Waals surface area contributed by atoms with E-state index in [0.717, 1.165) is 4.31 Å². The molecule has 1 rings (SSSR count). The Kier molecular flexibility index (Phi) is 4.83. The van der Waals surface area contributed by atoms with Crippen molar-refractivity contribution in [3.8, 4) is 0 Å². The second kappa shape index (κ2) is 5.94. The molecule has 0 spiro atoms. The SMILES string of the molecule is CC(C)OC(=O)NS(=O)(=O)N1CCCC1N=C=O. The van der Waals surface area contributed by atoms with Crippen LogP contribution in [0.4, 0.5) is 4.79 Å². The maximum Gasteiger partial charge on any atom is 0.422 e. The minimum Gasteiger partial charge on any atom is -0.446 e. The van der Waals surface area contributed by atoms with Crippen LogP contribution in [0.25, 0.3) is 0 Å². The molecule has 1 amide bonds. The van der Waals surface area contributed by atoms with Crippen molar-refractivity contribution in [1.82, 2.24) is 9.03 Å². The number of ether oxygens (including phenoxy) is 1. The minimum absolute atomic E-state index is 0.195. The highest BCUT2D eigenvalue weighted by Crippen LogP contribution is 2.20. The Bertz CT molecular complexity index is 455. The Labute approximate surface area is 105 Å². The molecule has 0 saturated carbocycles. The van der Waals surface area contributed by atoms with E-state index in [0.29, 0.717) is 12.8 Å². The molecule has 0 aliphatic carbocycles. The normalized spacial score (nSPS) is 20.5. The molecule has 1 unspecified atom stereocenters. The van der Waals surface area contributed by atoms with Crippen LogP contribution in [0.5, 0.6) is 0 Å². The summed E-state index contributed by atoms with van der Waals surface area (Å²) in [6.45, 7) is 3.39. The zero-order valence-electron chi connectivity index (χ0n) is 10.1. The predicted octanol–water partition coefficient (Wildman–Crippen LogP) is 0.123. The molecule has 1 heterocycles. The summed E-state index contributed by atoms with van der Waals surface area (Å²) in [4.78, 5) is 24.8. The number of carbonyl (C=O) groups excluding carboxylic acids is 2. The number of nitrogens with zero attached hydrogens (tertiary/aromatic N) is 2. The van der Waals surface area contributed by atoms with E-state index in [-0.39, 0.29) is 6.54 Å². The lowest BCUT2D eigenvalue weighted by Gasteiger charge is -2.20. The molecule has 1 aliphatic rings. The summed E-state index contributed by atoms with van der Waals surface area (Å²) < 4.78 is 31.1. The Morgan fingerprint density at radius 3 is 2.78 bits per heavy atom. The number of nitrogens with one attached hydrogen (secondary N) is 1. The second-order valence-electron chi connectivity index (χ2n) is 4.02. The molecule has 0 bridgehead atoms. The van der Waals surface area contributed by atoms with Crippen molar-refractivity contribution in [2.75, 3.05) is 6.54 Å². The molecule has 102 valence electrons. The van der Waals surface area contributed by atoms with Gasteiger partial charge in [0.25, 0.3) is 0 Å². The van der Waals surface area contributed by atoms with Crippen molar-refractivity contribution in [3.63, 3.8) is 0 Å². The molecule has 0 radical (unpaired) electrons. The van der Waals surface area contributed by atoms with Gasteiger partial charge in [-0.15, -0.1) is 0 Å². The highest BCUT2D eigenvalue weighted by Gasteiger charge is 2.35. The number of hydrogen-bond acceptors (Lipinski definition) is 6. The largest absolute Gasteiger partial charge is 0.446 e. The number of amides is 1. The van der Waals surface area contributed by atoms with Gasteiger partial charge < -0.3 is 4.74 Å². The van der Waals surface area contributed by atoms with Gasteiger partial charge in [0, 0.05) is 6.54 Å². The second-order valence-corrected chi connectivity index (χ2v) is 5.64. The molecule has 9 heteroatoms. The average molecular weight is 277 g/mol. The summed E-state index contributed by atoms with van der Waals surface area (Å²) >= 11 is 0. The monoisotopic (exact) mass is 277 g/mol. The third kappa shape index (κ3) is 3.80. The minimum atomic E-state index is -4.04. The first-order valence-corrected chi connectivity index (χ1v) is 6.88. The van der Waals surface area contributed by atoms with Crippen LogP contribution in [-0.4, -0.2) is 43.7 Å². The van der Waals surface area contributed by atoms with Crippen LogP contribution in [0, 0.1) is 0 Å². The standard InChI is InChI=1S/C9H15N3O5S/c1-7(2)17-9(14)11-18(15,16)12-5-3-4-8(12)10-6-13/h7-8H,3-5H2,1-2H3,(H,11,14). The molecule has 8 nitrogen and oxygen atoms in total. The molecule has 1 atom stereocenters. The van der Waals surface area contributed by atoms with Crippen LogP contribution < -0.4 is 4.72 Å². The van der Waals surface area contributed by atoms with Crippen molar-refractivity contribution in [1.29, 1.82) is 0 Å². The van der Waals surface area contributed by atoms with Crippen molar-refractivity contribution in [2.24, 2.45) is 4.99 Å². The Balaban J connectivity index is 2.74. The van der Waals surface area contributed by atoms with E-state index in [9.17, 15) is 18.0 Å². The smallest absolute Gasteiger partial charge is 0.422 e. The van der Waals surface area contributed by atoms with Crippen molar-refractivity contribution in [2.45, 2.75) is 39.0 Å². The van der Waals surface area contributed by atoms with Crippen LogP contribution in [0.15, 0.2) is 4.99 Å². The number of aliphatic imine (C=N–C) groups is 1. The number of carbonyl (C=O) groups is 1. The maximum atomic E-state index is 11.8. The molecule has 1 N–H and O–H groups in total. The lowest BCUT2D eigenvalue weighted by molar-refractivity contribution is 0.121. The summed E-state index contributed by atoms with van der Waals surface area (Å²) in [5.74, 6) is 0. The maximum absolute atomic E-state index is 11.8. The first kappa shape index (κ1) is 14.6. The van der Waals surface area contributed by atoms with Gasteiger partial charge in [0.15, 0.2) is 0 Å². The fraction of sp³-hybridized carbons (Fsp3) is 0.778. The lowest BCUT2D eigenvalue weighted by Crippen LogP contribution is -2.45. The van der Waals surface area contributed by atoms with Gasteiger partial charge in [0.1, 0.15) is 6.17 Å². The zero-order chi connectivity index (χ0) is 13.8. The third-order valence-corrected chi connectivity index (χ3v) is 3.71. The Morgan fingerprint density at radius 1 is 1.56 bits per heavy atom. The van der Waals surface area contributed by atoms with E-state index in [4.69, 9.17) is 0 Å². The lowest BCUT2D eigenvalue weighted by atomic mass is 10.3. The number of isocyanates is 1. The summed E-state index contributed by atoms with van der Waals surface area (Å²) in [5, 5.41) is 0. The predicted molar refractivity (Wildman–Crippen MR) is 61.5 cm³/mol. The van der Waals surface area contributed by atoms with Gasteiger partial charge in [-0.2, -0.15) is 17.7 Å². The van der Waals surface area contributed by atoms with Crippen LogP contribution in [0.1, 0.15) is 26.7 Å². The summed E-state index contributed by atoms with van der Waals surface area (Å²) in [6.07, 6.45) is 0.0360. The van der Waals surface area contributed by atoms with Gasteiger partial charge in [0.05, 0.1) is 6.10 Å². The molecule has 0 aromatic carbocycles. The Hall–Kier alpha value is -1.44. The molecular formula is C9H15N3O5S. The van der Waals surface area contributed by atoms with E-state index in [1.54, 1.807) is 18.6 Å². The van der Waals surface area contributed by atoms with E-state index < -0.39 is 28.6 Å². The number of hydrogen-bond donors (Lipinski definition) is 1. The molecule has 1 aliphatic heterocycles. The summed E-state index contributed by atoms with van der Waals surface area (Å²) in [6, 6.07) is 0. The average Bonchev–Trinajstić information content (AvgIpc) is 2.64. The van der Waals surface area contributed by atoms with Crippen LogP contribution >= 0.6 is 0 Å². The van der Waals surface area contributed by atoms with Crippen LogP contribution in [0.2, 0.25) is 0 Å². The van der Waals surface area contributed by atoms with Crippen molar-refractivity contribution in [3.05, 3.63) is 0 Å². The highest BCUT2D eigenvalue weighted by atomic mass is 32.2. The van der Waals surface area contributed by atoms with Crippen molar-refractivity contribution < 1.29 is 22.7 Å². The fourth-order valence-electron chi connectivity index (χ4n) is 1.59. The van der Waals surface area contributed by atoms with Gasteiger partial charge in [0.2, 0.25) is 6.08 Å². The fourth-order valence-corrected chi connectivity index (χ4v) is 2.81.